The number of nitrogens with zero attached hydrogens (tertiary/aromatic N) is 4. The van der Waals surface area contributed by atoms with Crippen LogP contribution in [0.1, 0.15) is 16.8 Å². The second-order valence-corrected chi connectivity index (χ2v) is 8.07. The van der Waals surface area contributed by atoms with Crippen molar-refractivity contribution in [2.75, 3.05) is 44.3 Å². The molecule has 7 nitrogen and oxygen atoms in total. The highest BCUT2D eigenvalue weighted by molar-refractivity contribution is 7.13. The number of amides is 1. The molecule has 5 rings (SSSR count). The third-order valence-electron chi connectivity index (χ3n) is 5.38. The highest BCUT2D eigenvalue weighted by atomic mass is 32.1. The van der Waals surface area contributed by atoms with Crippen LogP contribution >= 0.6 is 11.5 Å². The Labute approximate surface area is 173 Å². The van der Waals surface area contributed by atoms with Gasteiger partial charge in [-0.1, -0.05) is 12.1 Å². The van der Waals surface area contributed by atoms with Gasteiger partial charge in [0.1, 0.15) is 11.9 Å². The van der Waals surface area contributed by atoms with E-state index in [1.807, 2.05) is 17.0 Å². The SMILES string of the molecule is O=C(c1ccnc(OC2CCOC2)c1)N1CCN(c2nsc3ccccc23)CC1. The van der Waals surface area contributed by atoms with Crippen LogP contribution in [0.5, 0.6) is 5.88 Å². The van der Waals surface area contributed by atoms with Crippen molar-refractivity contribution >= 4 is 33.3 Å². The van der Waals surface area contributed by atoms with E-state index in [4.69, 9.17) is 9.47 Å². The summed E-state index contributed by atoms with van der Waals surface area (Å²) in [6, 6.07) is 11.8. The third kappa shape index (κ3) is 3.77. The molecule has 0 saturated carbocycles. The van der Waals surface area contributed by atoms with E-state index in [1.165, 1.54) is 21.6 Å². The van der Waals surface area contributed by atoms with Gasteiger partial charge in [0.25, 0.3) is 5.91 Å². The zero-order chi connectivity index (χ0) is 19.6. The summed E-state index contributed by atoms with van der Waals surface area (Å²) in [7, 11) is 0. The van der Waals surface area contributed by atoms with Crippen molar-refractivity contribution in [2.45, 2.75) is 12.5 Å². The Kier molecular flexibility index (Phi) is 5.03. The summed E-state index contributed by atoms with van der Waals surface area (Å²) in [6.45, 7) is 4.16. The third-order valence-corrected chi connectivity index (χ3v) is 6.20. The summed E-state index contributed by atoms with van der Waals surface area (Å²) in [4.78, 5) is 21.4. The van der Waals surface area contributed by atoms with Crippen molar-refractivity contribution in [3.05, 3.63) is 48.2 Å². The van der Waals surface area contributed by atoms with Crippen LogP contribution in [0.3, 0.4) is 0 Å². The lowest BCUT2D eigenvalue weighted by Crippen LogP contribution is -2.49. The molecule has 2 aliphatic rings. The molecule has 8 heteroatoms. The number of ether oxygens (including phenoxy) is 2. The summed E-state index contributed by atoms with van der Waals surface area (Å²) in [5.74, 6) is 1.53. The summed E-state index contributed by atoms with van der Waals surface area (Å²) in [5.41, 5.74) is 0.612. The van der Waals surface area contributed by atoms with Crippen LogP contribution in [-0.4, -0.2) is 65.7 Å². The summed E-state index contributed by atoms with van der Waals surface area (Å²) >= 11 is 1.52. The van der Waals surface area contributed by atoms with E-state index in [2.05, 4.69) is 26.4 Å². The first-order chi connectivity index (χ1) is 14.3. The molecule has 1 atom stereocenters. The molecule has 1 unspecified atom stereocenters. The highest BCUT2D eigenvalue weighted by Gasteiger charge is 2.25. The van der Waals surface area contributed by atoms with E-state index in [-0.39, 0.29) is 12.0 Å². The summed E-state index contributed by atoms with van der Waals surface area (Å²) < 4.78 is 17.0. The van der Waals surface area contributed by atoms with Crippen LogP contribution in [0.4, 0.5) is 5.82 Å². The number of piperazine rings is 1. The first-order valence-electron chi connectivity index (χ1n) is 9.87. The number of carbonyl (C=O) groups excluding carboxylic acids is 1. The Morgan fingerprint density at radius 3 is 2.86 bits per heavy atom. The number of hydrogen-bond donors (Lipinski definition) is 0. The molecule has 0 radical (unpaired) electrons. The number of carbonyl (C=O) groups is 1. The Hall–Kier alpha value is -2.71. The molecule has 2 aromatic heterocycles. The molecular formula is C21H22N4O3S. The van der Waals surface area contributed by atoms with Crippen LogP contribution in [0.25, 0.3) is 10.1 Å². The maximum atomic E-state index is 13.0. The van der Waals surface area contributed by atoms with Gasteiger partial charge in [-0.15, -0.1) is 0 Å². The highest BCUT2D eigenvalue weighted by Crippen LogP contribution is 2.30. The van der Waals surface area contributed by atoms with Crippen molar-refractivity contribution in [1.82, 2.24) is 14.3 Å². The minimum Gasteiger partial charge on any atom is -0.472 e. The number of pyridine rings is 1. The fraction of sp³-hybridized carbons (Fsp3) is 0.381. The van der Waals surface area contributed by atoms with Crippen LogP contribution < -0.4 is 9.64 Å². The second-order valence-electron chi connectivity index (χ2n) is 7.27. The smallest absolute Gasteiger partial charge is 0.254 e. The van der Waals surface area contributed by atoms with Gasteiger partial charge in [-0.05, 0) is 29.7 Å². The zero-order valence-electron chi connectivity index (χ0n) is 16.0. The van der Waals surface area contributed by atoms with E-state index in [0.29, 0.717) is 37.7 Å². The van der Waals surface area contributed by atoms with Gasteiger partial charge in [0.15, 0.2) is 0 Å². The Balaban J connectivity index is 1.24. The molecule has 0 N–H and O–H groups in total. The van der Waals surface area contributed by atoms with Gasteiger partial charge in [-0.2, -0.15) is 4.37 Å². The van der Waals surface area contributed by atoms with Crippen molar-refractivity contribution in [1.29, 1.82) is 0 Å². The molecule has 0 bridgehead atoms. The van der Waals surface area contributed by atoms with Gasteiger partial charge < -0.3 is 19.3 Å². The van der Waals surface area contributed by atoms with E-state index >= 15 is 0 Å². The monoisotopic (exact) mass is 410 g/mol. The Bertz CT molecular complexity index is 1010. The molecule has 0 aliphatic carbocycles. The molecule has 150 valence electrons. The van der Waals surface area contributed by atoms with Gasteiger partial charge in [-0.25, -0.2) is 4.98 Å². The lowest BCUT2D eigenvalue weighted by atomic mass is 10.2. The molecular weight excluding hydrogens is 388 g/mol. The van der Waals surface area contributed by atoms with Gasteiger partial charge in [0.05, 0.1) is 17.9 Å². The lowest BCUT2D eigenvalue weighted by Gasteiger charge is -2.35. The topological polar surface area (TPSA) is 67.8 Å². The van der Waals surface area contributed by atoms with Crippen LogP contribution in [0.15, 0.2) is 42.6 Å². The van der Waals surface area contributed by atoms with Gasteiger partial charge in [-0.3, -0.25) is 4.79 Å². The molecule has 3 aromatic rings. The first-order valence-corrected chi connectivity index (χ1v) is 10.6. The number of fused-ring (bicyclic) bond motifs is 1. The Morgan fingerprint density at radius 2 is 2.03 bits per heavy atom. The molecule has 1 aromatic carbocycles. The van der Waals surface area contributed by atoms with Crippen LogP contribution in [0, 0.1) is 0 Å². The first kappa shape index (κ1) is 18.3. The van der Waals surface area contributed by atoms with E-state index < -0.39 is 0 Å². The predicted octanol–water partition coefficient (Wildman–Crippen LogP) is 2.82. The van der Waals surface area contributed by atoms with E-state index in [0.717, 1.165) is 25.3 Å². The quantitative estimate of drug-likeness (QED) is 0.659. The molecule has 29 heavy (non-hydrogen) atoms. The number of benzene rings is 1. The van der Waals surface area contributed by atoms with Crippen LogP contribution in [0.2, 0.25) is 0 Å². The lowest BCUT2D eigenvalue weighted by molar-refractivity contribution is 0.0745. The normalized spacial score (nSPS) is 19.7. The molecule has 2 aliphatic heterocycles. The largest absolute Gasteiger partial charge is 0.472 e. The zero-order valence-corrected chi connectivity index (χ0v) is 16.8. The van der Waals surface area contributed by atoms with Gasteiger partial charge in [0.2, 0.25) is 5.88 Å². The number of anilines is 1. The van der Waals surface area contributed by atoms with Crippen molar-refractivity contribution in [2.24, 2.45) is 0 Å². The average molecular weight is 410 g/mol. The predicted molar refractivity (Wildman–Crippen MR) is 112 cm³/mol. The Morgan fingerprint density at radius 1 is 1.17 bits per heavy atom. The molecule has 2 saturated heterocycles. The van der Waals surface area contributed by atoms with Crippen molar-refractivity contribution in [3.8, 4) is 5.88 Å². The molecule has 0 spiro atoms. The minimum absolute atomic E-state index is 0.0164. The fourth-order valence-corrected chi connectivity index (χ4v) is 4.58. The maximum Gasteiger partial charge on any atom is 0.254 e. The second kappa shape index (κ2) is 7.96. The molecule has 4 heterocycles. The number of rotatable bonds is 4. The fourth-order valence-electron chi connectivity index (χ4n) is 3.79. The van der Waals surface area contributed by atoms with Gasteiger partial charge >= 0.3 is 0 Å². The minimum atomic E-state index is 0.0164. The average Bonchev–Trinajstić information content (AvgIpc) is 3.43. The van der Waals surface area contributed by atoms with E-state index in [9.17, 15) is 4.79 Å². The number of aromatic nitrogens is 2. The maximum absolute atomic E-state index is 13.0. The summed E-state index contributed by atoms with van der Waals surface area (Å²) in [6.07, 6.45) is 2.51. The number of hydrogen-bond acceptors (Lipinski definition) is 7. The summed E-state index contributed by atoms with van der Waals surface area (Å²) in [5, 5.41) is 1.18. The van der Waals surface area contributed by atoms with Crippen molar-refractivity contribution in [3.63, 3.8) is 0 Å². The van der Waals surface area contributed by atoms with Crippen molar-refractivity contribution < 1.29 is 14.3 Å². The van der Waals surface area contributed by atoms with Crippen LogP contribution in [-0.2, 0) is 4.74 Å². The molecule has 2 fully saturated rings. The standard InChI is InChI=1S/C21H22N4O3S/c26-21(15-5-7-22-19(13-15)28-16-6-12-27-14-16)25-10-8-24(9-11-25)20-17-3-1-2-4-18(17)29-23-20/h1-5,7,13,16H,6,8-12,14H2. The van der Waals surface area contributed by atoms with E-state index in [1.54, 1.807) is 18.3 Å². The van der Waals surface area contributed by atoms with Gasteiger partial charge in [0, 0.05) is 55.8 Å². The molecule has 1 amide bonds.